The number of hydrogen-bond donors (Lipinski definition) is 1. The molecule has 6 nitrogen and oxygen atoms in total. The summed E-state index contributed by atoms with van der Waals surface area (Å²) in [5.74, 6) is 1.25. The summed E-state index contributed by atoms with van der Waals surface area (Å²) in [4.78, 5) is 8.97. The summed E-state index contributed by atoms with van der Waals surface area (Å²) in [5.41, 5.74) is 6.62. The summed E-state index contributed by atoms with van der Waals surface area (Å²) in [7, 11) is 0. The maximum Gasteiger partial charge on any atom is 0.419 e. The number of alkyl halides is 3. The summed E-state index contributed by atoms with van der Waals surface area (Å²) in [6, 6.07) is 3.85. The zero-order chi connectivity index (χ0) is 23.5. The van der Waals surface area contributed by atoms with Crippen LogP contribution in [0.3, 0.4) is 0 Å². The van der Waals surface area contributed by atoms with Crippen LogP contribution in [0.15, 0.2) is 18.3 Å². The molecule has 9 heteroatoms. The highest BCUT2D eigenvalue weighted by atomic mass is 19.4. The number of hydrogen-bond acceptors (Lipinski definition) is 5. The van der Waals surface area contributed by atoms with Crippen molar-refractivity contribution in [1.82, 2.24) is 24.6 Å². The van der Waals surface area contributed by atoms with Gasteiger partial charge in [-0.3, -0.25) is 9.58 Å². The van der Waals surface area contributed by atoms with E-state index in [-0.39, 0.29) is 6.04 Å². The lowest BCUT2D eigenvalue weighted by molar-refractivity contribution is -0.137. The van der Waals surface area contributed by atoms with Crippen LogP contribution >= 0.6 is 0 Å². The van der Waals surface area contributed by atoms with Gasteiger partial charge in [-0.15, -0.1) is 0 Å². The second-order valence-electron chi connectivity index (χ2n) is 10.1. The molecule has 33 heavy (non-hydrogen) atoms. The Morgan fingerprint density at radius 2 is 1.76 bits per heavy atom. The van der Waals surface area contributed by atoms with Crippen LogP contribution in [0.5, 0.6) is 0 Å². The molecule has 3 aliphatic rings. The van der Waals surface area contributed by atoms with E-state index in [1.807, 2.05) is 10.7 Å². The summed E-state index contributed by atoms with van der Waals surface area (Å²) >= 11 is 0. The van der Waals surface area contributed by atoms with Crippen LogP contribution < -0.4 is 5.73 Å². The van der Waals surface area contributed by atoms with Gasteiger partial charge in [0, 0.05) is 61.6 Å². The van der Waals surface area contributed by atoms with Crippen molar-refractivity contribution >= 4 is 5.82 Å². The number of aromatic nitrogens is 3. The molecule has 5 rings (SSSR count). The van der Waals surface area contributed by atoms with Gasteiger partial charge in [0.15, 0.2) is 0 Å². The third kappa shape index (κ3) is 4.14. The summed E-state index contributed by atoms with van der Waals surface area (Å²) in [6.07, 6.45) is -0.730. The Morgan fingerprint density at radius 3 is 2.33 bits per heavy atom. The molecule has 3 heterocycles. The predicted molar refractivity (Wildman–Crippen MR) is 122 cm³/mol. The van der Waals surface area contributed by atoms with Crippen LogP contribution in [-0.2, 0) is 6.18 Å². The van der Waals surface area contributed by atoms with E-state index >= 15 is 0 Å². The lowest BCUT2D eigenvalue weighted by Gasteiger charge is -2.38. The minimum atomic E-state index is -4.54. The van der Waals surface area contributed by atoms with E-state index in [0.717, 1.165) is 44.5 Å². The Kier molecular flexibility index (Phi) is 5.68. The number of nitrogens with zero attached hydrogens (tertiary/aromatic N) is 5. The van der Waals surface area contributed by atoms with Crippen LogP contribution in [0.1, 0.15) is 56.8 Å². The first kappa shape index (κ1) is 22.7. The molecule has 0 aromatic carbocycles. The molecule has 2 N–H and O–H groups in total. The lowest BCUT2D eigenvalue weighted by atomic mass is 10.0. The number of likely N-dealkylation sites (N-methyl/N-ethyl adjacent to an activating group) is 1. The second kappa shape index (κ2) is 8.27. The molecule has 4 atom stereocenters. The number of piperazine rings is 1. The Morgan fingerprint density at radius 1 is 1.09 bits per heavy atom. The fraction of sp³-hybridized carbons (Fsp3) is 0.667. The van der Waals surface area contributed by atoms with E-state index in [9.17, 15) is 13.2 Å². The van der Waals surface area contributed by atoms with Gasteiger partial charge in [-0.25, -0.2) is 4.98 Å². The van der Waals surface area contributed by atoms with Crippen molar-refractivity contribution in [2.45, 2.75) is 57.8 Å². The standard InChI is InChI=1S/C24H33F3N6/c1-4-31-5-7-32(8-6-31)16-10-17-18(11-16)22(17)21-12-20(30-33(21)14(2)3)15-9-19(24(25,26)27)23(28)29-13-15/h9,12-14,16-18,22H,4-8,10-11H2,1-3H3,(H2,28,29)/t16-,17-,18+,22+. The highest BCUT2D eigenvalue weighted by Crippen LogP contribution is 2.64. The fourth-order valence-electron chi connectivity index (χ4n) is 6.05. The first-order valence-corrected chi connectivity index (χ1v) is 12.1. The van der Waals surface area contributed by atoms with Gasteiger partial charge in [0.05, 0.1) is 11.3 Å². The van der Waals surface area contributed by atoms with Crippen molar-refractivity contribution in [3.63, 3.8) is 0 Å². The molecule has 0 amide bonds. The van der Waals surface area contributed by atoms with Crippen molar-refractivity contribution in [3.05, 3.63) is 29.6 Å². The van der Waals surface area contributed by atoms with Crippen molar-refractivity contribution < 1.29 is 13.2 Å². The Balaban J connectivity index is 1.33. The van der Waals surface area contributed by atoms with Gasteiger partial charge in [-0.1, -0.05) is 6.92 Å². The first-order chi connectivity index (χ1) is 15.7. The predicted octanol–water partition coefficient (Wildman–Crippen LogP) is 4.26. The van der Waals surface area contributed by atoms with E-state index in [0.29, 0.717) is 35.1 Å². The zero-order valence-corrected chi connectivity index (χ0v) is 19.5. The Bertz CT molecular complexity index is 996. The molecule has 2 aromatic rings. The van der Waals surface area contributed by atoms with Crippen molar-refractivity contribution in [1.29, 1.82) is 0 Å². The molecule has 0 spiro atoms. The van der Waals surface area contributed by atoms with Crippen LogP contribution in [-0.4, -0.2) is 63.3 Å². The maximum atomic E-state index is 13.3. The maximum absolute atomic E-state index is 13.3. The van der Waals surface area contributed by atoms with Crippen LogP contribution in [0, 0.1) is 11.8 Å². The van der Waals surface area contributed by atoms with E-state index in [4.69, 9.17) is 10.8 Å². The highest BCUT2D eigenvalue weighted by molar-refractivity contribution is 5.63. The van der Waals surface area contributed by atoms with Gasteiger partial charge in [-0.05, 0) is 57.2 Å². The van der Waals surface area contributed by atoms with Gasteiger partial charge >= 0.3 is 6.18 Å². The van der Waals surface area contributed by atoms with Crippen molar-refractivity contribution in [2.75, 3.05) is 38.5 Å². The van der Waals surface area contributed by atoms with Gasteiger partial charge in [0.25, 0.3) is 0 Å². The topological polar surface area (TPSA) is 63.2 Å². The van der Waals surface area contributed by atoms with Crippen LogP contribution in [0.25, 0.3) is 11.3 Å². The smallest absolute Gasteiger partial charge is 0.383 e. The number of fused-ring (bicyclic) bond motifs is 1. The number of pyridine rings is 1. The number of rotatable bonds is 5. The monoisotopic (exact) mass is 462 g/mol. The zero-order valence-electron chi connectivity index (χ0n) is 19.5. The summed E-state index contributed by atoms with van der Waals surface area (Å²) in [5, 5.41) is 4.70. The average molecular weight is 463 g/mol. The fourth-order valence-corrected chi connectivity index (χ4v) is 6.05. The highest BCUT2D eigenvalue weighted by Gasteiger charge is 2.58. The molecule has 2 aromatic heterocycles. The minimum absolute atomic E-state index is 0.136. The summed E-state index contributed by atoms with van der Waals surface area (Å²) < 4.78 is 42.0. The molecule has 0 radical (unpaired) electrons. The molecule has 2 saturated carbocycles. The quantitative estimate of drug-likeness (QED) is 0.720. The van der Waals surface area contributed by atoms with E-state index in [2.05, 4.69) is 35.6 Å². The number of nitrogens with two attached hydrogens (primary N) is 1. The molecular weight excluding hydrogens is 429 g/mol. The lowest BCUT2D eigenvalue weighted by Crippen LogP contribution is -2.49. The molecule has 180 valence electrons. The third-order valence-corrected chi connectivity index (χ3v) is 7.91. The van der Waals surface area contributed by atoms with Gasteiger partial charge in [0.2, 0.25) is 0 Å². The SMILES string of the molecule is CCN1CCN([C@@H]2C[C@@H]3[C@H](C2)[C@H]3c2cc(-c3cnc(N)c(C(F)(F)F)c3)nn2C(C)C)CC1. The molecule has 1 saturated heterocycles. The van der Waals surface area contributed by atoms with E-state index in [1.165, 1.54) is 19.0 Å². The van der Waals surface area contributed by atoms with Gasteiger partial charge < -0.3 is 10.6 Å². The van der Waals surface area contributed by atoms with Crippen molar-refractivity contribution in [3.8, 4) is 11.3 Å². The Labute approximate surface area is 192 Å². The molecular formula is C24H33F3N6. The number of nitrogen functional groups attached to an aromatic ring is 1. The van der Waals surface area contributed by atoms with Crippen LogP contribution in [0.2, 0.25) is 0 Å². The second-order valence-corrected chi connectivity index (χ2v) is 10.1. The normalized spacial score (nSPS) is 28.5. The molecule has 1 aliphatic heterocycles. The minimum Gasteiger partial charge on any atom is -0.383 e. The average Bonchev–Trinajstić information content (AvgIpc) is 3.13. The third-order valence-electron chi connectivity index (χ3n) is 7.91. The Hall–Kier alpha value is -2.13. The summed E-state index contributed by atoms with van der Waals surface area (Å²) in [6.45, 7) is 12.1. The first-order valence-electron chi connectivity index (χ1n) is 12.1. The van der Waals surface area contributed by atoms with E-state index < -0.39 is 17.6 Å². The number of halogens is 3. The molecule has 2 aliphatic carbocycles. The van der Waals surface area contributed by atoms with Crippen molar-refractivity contribution in [2.24, 2.45) is 11.8 Å². The molecule has 0 bridgehead atoms. The van der Waals surface area contributed by atoms with Gasteiger partial charge in [0.1, 0.15) is 5.82 Å². The number of anilines is 1. The molecule has 0 unspecified atom stereocenters. The van der Waals surface area contributed by atoms with E-state index in [1.54, 1.807) is 0 Å². The van der Waals surface area contributed by atoms with Gasteiger partial charge in [-0.2, -0.15) is 18.3 Å². The largest absolute Gasteiger partial charge is 0.419 e. The molecule has 3 fully saturated rings. The van der Waals surface area contributed by atoms with Crippen LogP contribution in [0.4, 0.5) is 19.0 Å².